The molecule has 0 aliphatic carbocycles. The highest BCUT2D eigenvalue weighted by Crippen LogP contribution is 2.38. The van der Waals surface area contributed by atoms with Crippen molar-refractivity contribution in [2.45, 2.75) is 32.4 Å². The molecule has 33 heavy (non-hydrogen) atoms. The second-order valence-electron chi connectivity index (χ2n) is 7.90. The summed E-state index contributed by atoms with van der Waals surface area (Å²) >= 11 is 1.22. The summed E-state index contributed by atoms with van der Waals surface area (Å²) in [5.74, 6) is 1.39. The molecule has 1 aliphatic heterocycles. The smallest absolute Gasteiger partial charge is 0.279 e. The van der Waals surface area contributed by atoms with E-state index in [-0.39, 0.29) is 12.0 Å². The molecular weight excluding hydrogens is 434 g/mol. The lowest BCUT2D eigenvalue weighted by molar-refractivity contribution is 0.0954. The average molecular weight is 458 g/mol. The lowest BCUT2D eigenvalue weighted by Crippen LogP contribution is -2.21. The number of aryl methyl sites for hydroxylation is 2. The van der Waals surface area contributed by atoms with Crippen LogP contribution < -0.4 is 14.8 Å². The van der Waals surface area contributed by atoms with E-state index in [0.29, 0.717) is 22.4 Å². The third kappa shape index (κ3) is 4.88. The standard InChI is InChI=1S/C26H23N3O3S/c1-17-4-2-3-5-21(17)23-8-6-19-14-20(7-9-22(19)32-23)31-26-29-16-24(33-26)25(30)28-15-18-10-12-27-13-11-18/h2-5,7,9-14,16,23H,6,8,15H2,1H3,(H,28,30). The molecule has 2 aromatic carbocycles. The van der Waals surface area contributed by atoms with Crippen molar-refractivity contribution in [3.05, 3.63) is 100 Å². The predicted octanol–water partition coefficient (Wildman–Crippen LogP) is 5.64. The number of thiazole rings is 1. The van der Waals surface area contributed by atoms with Crippen LogP contribution in [-0.4, -0.2) is 15.9 Å². The molecule has 5 rings (SSSR count). The van der Waals surface area contributed by atoms with Gasteiger partial charge in [-0.3, -0.25) is 9.78 Å². The zero-order valence-electron chi connectivity index (χ0n) is 18.2. The van der Waals surface area contributed by atoms with Crippen molar-refractivity contribution in [3.8, 4) is 16.7 Å². The Morgan fingerprint density at radius 3 is 2.88 bits per heavy atom. The molecule has 1 unspecified atom stereocenters. The molecule has 0 saturated heterocycles. The first-order valence-corrected chi connectivity index (χ1v) is 11.6. The number of rotatable bonds is 6. The van der Waals surface area contributed by atoms with Gasteiger partial charge >= 0.3 is 0 Å². The predicted molar refractivity (Wildman–Crippen MR) is 127 cm³/mol. The van der Waals surface area contributed by atoms with Crippen molar-refractivity contribution < 1.29 is 14.3 Å². The van der Waals surface area contributed by atoms with E-state index in [1.54, 1.807) is 12.4 Å². The van der Waals surface area contributed by atoms with Crippen LogP contribution in [-0.2, 0) is 13.0 Å². The number of carbonyl (C=O) groups is 1. The van der Waals surface area contributed by atoms with Gasteiger partial charge in [-0.2, -0.15) is 0 Å². The summed E-state index contributed by atoms with van der Waals surface area (Å²) in [7, 11) is 0. The first-order chi connectivity index (χ1) is 16.2. The van der Waals surface area contributed by atoms with Crippen LogP contribution in [0.5, 0.6) is 16.7 Å². The summed E-state index contributed by atoms with van der Waals surface area (Å²) in [4.78, 5) is 21.2. The quantitative estimate of drug-likeness (QED) is 0.406. The number of amides is 1. The minimum atomic E-state index is -0.180. The molecule has 0 fully saturated rings. The molecule has 1 amide bonds. The Kier molecular flexibility index (Phi) is 6.04. The van der Waals surface area contributed by atoms with E-state index in [4.69, 9.17) is 9.47 Å². The maximum Gasteiger partial charge on any atom is 0.279 e. The summed E-state index contributed by atoms with van der Waals surface area (Å²) in [5.41, 5.74) is 4.58. The fraction of sp³-hybridized carbons (Fsp3) is 0.192. The lowest BCUT2D eigenvalue weighted by Gasteiger charge is -2.27. The van der Waals surface area contributed by atoms with Crippen molar-refractivity contribution in [2.24, 2.45) is 0 Å². The van der Waals surface area contributed by atoms with E-state index >= 15 is 0 Å². The van der Waals surface area contributed by atoms with Crippen molar-refractivity contribution in [1.29, 1.82) is 0 Å². The largest absolute Gasteiger partial charge is 0.485 e. The molecule has 2 aromatic heterocycles. The van der Waals surface area contributed by atoms with Gasteiger partial charge < -0.3 is 14.8 Å². The number of aromatic nitrogens is 2. The summed E-state index contributed by atoms with van der Waals surface area (Å²) in [6.07, 6.45) is 6.83. The molecule has 0 bridgehead atoms. The Morgan fingerprint density at radius 1 is 1.18 bits per heavy atom. The topological polar surface area (TPSA) is 73.3 Å². The van der Waals surface area contributed by atoms with Crippen LogP contribution in [0.2, 0.25) is 0 Å². The third-order valence-corrected chi connectivity index (χ3v) is 6.50. The fourth-order valence-corrected chi connectivity index (χ4v) is 4.58. The van der Waals surface area contributed by atoms with Gasteiger partial charge in [-0.1, -0.05) is 35.6 Å². The number of hydrogen-bond donors (Lipinski definition) is 1. The van der Waals surface area contributed by atoms with Crippen LogP contribution in [0.15, 0.2) is 73.2 Å². The van der Waals surface area contributed by atoms with E-state index in [0.717, 1.165) is 29.7 Å². The molecule has 0 spiro atoms. The van der Waals surface area contributed by atoms with Gasteiger partial charge in [-0.15, -0.1) is 0 Å². The summed E-state index contributed by atoms with van der Waals surface area (Å²) in [6, 6.07) is 17.9. The molecule has 1 aliphatic rings. The minimum absolute atomic E-state index is 0.0673. The first kappa shape index (κ1) is 21.2. The van der Waals surface area contributed by atoms with Gasteiger partial charge in [0.1, 0.15) is 22.5 Å². The summed E-state index contributed by atoms with van der Waals surface area (Å²) in [6.45, 7) is 2.55. The van der Waals surface area contributed by atoms with Gasteiger partial charge in [0.25, 0.3) is 11.1 Å². The number of nitrogens with zero attached hydrogens (tertiary/aromatic N) is 2. The molecule has 6 nitrogen and oxygen atoms in total. The summed E-state index contributed by atoms with van der Waals surface area (Å²) < 4.78 is 12.2. The molecule has 0 radical (unpaired) electrons. The Morgan fingerprint density at radius 2 is 2.03 bits per heavy atom. The lowest BCUT2D eigenvalue weighted by atomic mass is 9.95. The molecule has 4 aromatic rings. The number of benzene rings is 2. The molecule has 166 valence electrons. The monoisotopic (exact) mass is 457 g/mol. The molecule has 1 atom stereocenters. The zero-order chi connectivity index (χ0) is 22.6. The second-order valence-corrected chi connectivity index (χ2v) is 8.90. The maximum absolute atomic E-state index is 12.4. The van der Waals surface area contributed by atoms with Gasteiger partial charge in [0, 0.05) is 18.9 Å². The number of carbonyl (C=O) groups excluding carboxylic acids is 1. The van der Waals surface area contributed by atoms with E-state index < -0.39 is 0 Å². The van der Waals surface area contributed by atoms with Crippen molar-refractivity contribution >= 4 is 17.2 Å². The fourth-order valence-electron chi connectivity index (χ4n) is 3.88. The SMILES string of the molecule is Cc1ccccc1C1CCc2cc(Oc3ncc(C(=O)NCc4ccncc4)s3)ccc2O1. The Balaban J connectivity index is 1.22. The normalized spacial score (nSPS) is 14.8. The Bertz CT molecular complexity index is 1270. The molecule has 1 N–H and O–H groups in total. The third-order valence-electron chi connectivity index (χ3n) is 5.63. The highest BCUT2D eigenvalue weighted by atomic mass is 32.1. The van der Waals surface area contributed by atoms with Gasteiger partial charge in [0.05, 0.1) is 6.20 Å². The van der Waals surface area contributed by atoms with Gasteiger partial charge in [-0.25, -0.2) is 4.98 Å². The highest BCUT2D eigenvalue weighted by Gasteiger charge is 2.23. The van der Waals surface area contributed by atoms with Crippen molar-refractivity contribution in [1.82, 2.24) is 15.3 Å². The van der Waals surface area contributed by atoms with E-state index in [2.05, 4.69) is 40.4 Å². The average Bonchev–Trinajstić information content (AvgIpc) is 3.32. The summed E-state index contributed by atoms with van der Waals surface area (Å²) in [5, 5.41) is 3.32. The Hall–Kier alpha value is -3.71. The molecule has 0 saturated carbocycles. The highest BCUT2D eigenvalue weighted by molar-refractivity contribution is 7.15. The van der Waals surface area contributed by atoms with E-state index in [1.807, 2.05) is 36.4 Å². The van der Waals surface area contributed by atoms with E-state index in [1.165, 1.54) is 28.7 Å². The van der Waals surface area contributed by atoms with Crippen molar-refractivity contribution in [2.75, 3.05) is 0 Å². The number of pyridine rings is 1. The molecule has 7 heteroatoms. The zero-order valence-corrected chi connectivity index (χ0v) is 19.0. The minimum Gasteiger partial charge on any atom is -0.485 e. The Labute approximate surface area is 196 Å². The van der Waals surface area contributed by atoms with Crippen molar-refractivity contribution in [3.63, 3.8) is 0 Å². The van der Waals surface area contributed by atoms with Crippen LogP contribution in [0.3, 0.4) is 0 Å². The molecular formula is C26H23N3O3S. The van der Waals surface area contributed by atoms with Gasteiger partial charge in [0.2, 0.25) is 0 Å². The van der Waals surface area contributed by atoms with Crippen LogP contribution in [0, 0.1) is 6.92 Å². The molecule has 3 heterocycles. The number of fused-ring (bicyclic) bond motifs is 1. The van der Waals surface area contributed by atoms with Crippen LogP contribution in [0.4, 0.5) is 0 Å². The first-order valence-electron chi connectivity index (χ1n) is 10.8. The van der Waals surface area contributed by atoms with E-state index in [9.17, 15) is 4.79 Å². The van der Waals surface area contributed by atoms with Gasteiger partial charge in [-0.05, 0) is 72.4 Å². The second kappa shape index (κ2) is 9.42. The van der Waals surface area contributed by atoms with Crippen LogP contribution >= 0.6 is 11.3 Å². The number of nitrogens with one attached hydrogen (secondary N) is 1. The van der Waals surface area contributed by atoms with Crippen LogP contribution in [0.1, 0.15) is 44.5 Å². The van der Waals surface area contributed by atoms with Crippen LogP contribution in [0.25, 0.3) is 0 Å². The van der Waals surface area contributed by atoms with Gasteiger partial charge in [0.15, 0.2) is 0 Å². The number of ether oxygens (including phenoxy) is 2. The number of hydrogen-bond acceptors (Lipinski definition) is 6. The maximum atomic E-state index is 12.4.